The van der Waals surface area contributed by atoms with Crippen LogP contribution in [0.2, 0.25) is 0 Å². The summed E-state index contributed by atoms with van der Waals surface area (Å²) in [5.74, 6) is 3.71. The lowest BCUT2D eigenvalue weighted by molar-refractivity contribution is 0.323. The maximum Gasteiger partial charge on any atom is 0.204 e. The van der Waals surface area contributed by atoms with Gasteiger partial charge >= 0.3 is 0 Å². The van der Waals surface area contributed by atoms with Crippen LogP contribution in [-0.4, -0.2) is 42.7 Å². The summed E-state index contributed by atoms with van der Waals surface area (Å²) in [6.07, 6.45) is 8.18. The first-order valence-corrected chi connectivity index (χ1v) is 13.0. The molecular formula is C28H28I2O6. The number of ether oxygens (including phenoxy) is 6. The average molecular weight is 714 g/mol. The van der Waals surface area contributed by atoms with Crippen LogP contribution >= 0.6 is 45.2 Å². The quantitative estimate of drug-likeness (QED) is 0.163. The second-order valence-electron chi connectivity index (χ2n) is 7.43. The highest BCUT2D eigenvalue weighted by Crippen LogP contribution is 2.44. The zero-order valence-electron chi connectivity index (χ0n) is 21.0. The molecule has 0 aliphatic heterocycles. The highest BCUT2D eigenvalue weighted by atomic mass is 127. The first-order valence-electron chi connectivity index (χ1n) is 10.8. The molecule has 0 saturated heterocycles. The van der Waals surface area contributed by atoms with Crippen molar-refractivity contribution in [2.75, 3.05) is 42.7 Å². The normalized spacial score (nSPS) is 11.1. The maximum atomic E-state index is 5.55. The van der Waals surface area contributed by atoms with E-state index < -0.39 is 0 Å². The molecule has 0 amide bonds. The van der Waals surface area contributed by atoms with E-state index in [1.54, 1.807) is 42.7 Å². The lowest BCUT2D eigenvalue weighted by Crippen LogP contribution is -1.98. The maximum absolute atomic E-state index is 5.55. The number of rotatable bonds is 10. The summed E-state index contributed by atoms with van der Waals surface area (Å²) in [5.41, 5.74) is 4.09. The fourth-order valence-electron chi connectivity index (χ4n) is 3.61. The minimum atomic E-state index is 0.583. The summed E-state index contributed by atoms with van der Waals surface area (Å²) in [6, 6.07) is 12.2. The Morgan fingerprint density at radius 3 is 1.08 bits per heavy atom. The summed E-state index contributed by atoms with van der Waals surface area (Å²) in [7, 11) is 9.68. The van der Waals surface area contributed by atoms with E-state index in [2.05, 4.69) is 81.6 Å². The Hall–Kier alpha value is -2.60. The molecule has 36 heavy (non-hydrogen) atoms. The molecule has 0 atom stereocenters. The Bertz CT molecular complexity index is 1170. The molecule has 0 aliphatic rings. The smallest absolute Gasteiger partial charge is 0.204 e. The molecule has 0 unspecified atom stereocenters. The Balaban J connectivity index is 1.85. The lowest BCUT2D eigenvalue weighted by Gasteiger charge is -2.15. The predicted molar refractivity (Wildman–Crippen MR) is 162 cm³/mol. The topological polar surface area (TPSA) is 55.4 Å². The van der Waals surface area contributed by atoms with Gasteiger partial charge < -0.3 is 28.4 Å². The van der Waals surface area contributed by atoms with E-state index in [0.29, 0.717) is 34.5 Å². The van der Waals surface area contributed by atoms with Gasteiger partial charge in [-0.2, -0.15) is 0 Å². The third-order valence-electron chi connectivity index (χ3n) is 5.44. The highest BCUT2D eigenvalue weighted by molar-refractivity contribution is 14.1. The van der Waals surface area contributed by atoms with E-state index in [1.807, 2.05) is 24.3 Å². The largest absolute Gasteiger partial charge is 0.493 e. The van der Waals surface area contributed by atoms with Gasteiger partial charge in [0.1, 0.15) is 0 Å². The molecule has 0 N–H and O–H groups in total. The molecule has 0 heterocycles. The predicted octanol–water partition coefficient (Wildman–Crippen LogP) is 7.29. The van der Waals surface area contributed by atoms with Crippen LogP contribution in [0.25, 0.3) is 24.3 Å². The average Bonchev–Trinajstić information content (AvgIpc) is 2.91. The molecule has 0 spiro atoms. The molecule has 0 aliphatic carbocycles. The van der Waals surface area contributed by atoms with E-state index in [-0.39, 0.29) is 0 Å². The van der Waals surface area contributed by atoms with Gasteiger partial charge in [-0.3, -0.25) is 0 Å². The first kappa shape index (κ1) is 28.0. The Kier molecular flexibility index (Phi) is 10.2. The first-order chi connectivity index (χ1) is 17.4. The van der Waals surface area contributed by atoms with Crippen LogP contribution in [-0.2, 0) is 0 Å². The van der Waals surface area contributed by atoms with Gasteiger partial charge in [0.05, 0.1) is 49.8 Å². The highest BCUT2D eigenvalue weighted by Gasteiger charge is 2.19. The summed E-state index contributed by atoms with van der Waals surface area (Å²) < 4.78 is 34.9. The van der Waals surface area contributed by atoms with E-state index >= 15 is 0 Å². The van der Waals surface area contributed by atoms with Crippen molar-refractivity contribution in [1.82, 2.24) is 0 Å². The van der Waals surface area contributed by atoms with Crippen LogP contribution in [0.5, 0.6) is 34.5 Å². The number of hydrogen-bond acceptors (Lipinski definition) is 6. The molecule has 6 nitrogen and oxygen atoms in total. The van der Waals surface area contributed by atoms with Gasteiger partial charge in [-0.05, 0) is 79.6 Å². The lowest BCUT2D eigenvalue weighted by atomic mass is 10.1. The summed E-state index contributed by atoms with van der Waals surface area (Å²) >= 11 is 4.51. The second-order valence-corrected chi connectivity index (χ2v) is 9.59. The minimum absolute atomic E-state index is 0.583. The standard InChI is InChI=1S/C28H28I2O6/c1-31-21-15-19(23(29)27(35-5)25(21)33-3)13-11-17-7-9-18(10-8-17)12-14-20-16-22(32-2)26(34-4)28(36-6)24(20)30/h7-16H,1-6H3/b13-11-,14-12-. The van der Waals surface area contributed by atoms with Crippen LogP contribution in [0.4, 0.5) is 0 Å². The third kappa shape index (κ3) is 6.03. The molecule has 3 aromatic rings. The Morgan fingerprint density at radius 2 is 0.806 bits per heavy atom. The van der Waals surface area contributed by atoms with E-state index in [4.69, 9.17) is 28.4 Å². The molecule has 3 rings (SSSR count). The molecule has 190 valence electrons. The van der Waals surface area contributed by atoms with Crippen LogP contribution in [0.1, 0.15) is 22.3 Å². The van der Waals surface area contributed by atoms with E-state index in [0.717, 1.165) is 29.4 Å². The Morgan fingerprint density at radius 1 is 0.472 bits per heavy atom. The molecular weight excluding hydrogens is 686 g/mol. The SMILES string of the molecule is COc1cc(/C=C\c2ccc(/C=C\c3cc(OC)c(OC)c(OC)c3I)cc2)c(I)c(OC)c1OC. The fraction of sp³-hybridized carbons (Fsp3) is 0.214. The molecule has 0 aromatic heterocycles. The van der Waals surface area contributed by atoms with Crippen molar-refractivity contribution < 1.29 is 28.4 Å². The van der Waals surface area contributed by atoms with Crippen LogP contribution in [0.3, 0.4) is 0 Å². The molecule has 0 saturated carbocycles. The third-order valence-corrected chi connectivity index (χ3v) is 7.67. The van der Waals surface area contributed by atoms with Crippen molar-refractivity contribution in [3.63, 3.8) is 0 Å². The number of hydrogen-bond donors (Lipinski definition) is 0. The van der Waals surface area contributed by atoms with Crippen LogP contribution in [0, 0.1) is 7.14 Å². The number of methoxy groups -OCH3 is 6. The van der Waals surface area contributed by atoms with Gasteiger partial charge in [-0.25, -0.2) is 0 Å². The Labute approximate surface area is 239 Å². The molecule has 0 bridgehead atoms. The monoisotopic (exact) mass is 714 g/mol. The zero-order chi connectivity index (χ0) is 26.2. The van der Waals surface area contributed by atoms with Gasteiger partial charge in [0.15, 0.2) is 23.0 Å². The fourth-order valence-corrected chi connectivity index (χ4v) is 5.21. The van der Waals surface area contributed by atoms with Crippen molar-refractivity contribution in [2.45, 2.75) is 0 Å². The molecule has 3 aromatic carbocycles. The molecule has 0 radical (unpaired) electrons. The van der Waals surface area contributed by atoms with Gasteiger partial charge in [0.2, 0.25) is 11.5 Å². The van der Waals surface area contributed by atoms with E-state index in [1.165, 1.54) is 0 Å². The van der Waals surface area contributed by atoms with Gasteiger partial charge in [0.25, 0.3) is 0 Å². The van der Waals surface area contributed by atoms with Gasteiger partial charge in [-0.15, -0.1) is 0 Å². The zero-order valence-corrected chi connectivity index (χ0v) is 25.3. The summed E-state index contributed by atoms with van der Waals surface area (Å²) in [6.45, 7) is 0. The van der Waals surface area contributed by atoms with Crippen molar-refractivity contribution in [3.8, 4) is 34.5 Å². The van der Waals surface area contributed by atoms with Crippen molar-refractivity contribution in [3.05, 3.63) is 65.8 Å². The van der Waals surface area contributed by atoms with Crippen molar-refractivity contribution in [2.24, 2.45) is 0 Å². The minimum Gasteiger partial charge on any atom is -0.493 e. The summed E-state index contributed by atoms with van der Waals surface area (Å²) in [5, 5.41) is 0. The summed E-state index contributed by atoms with van der Waals surface area (Å²) in [4.78, 5) is 0. The second kappa shape index (κ2) is 13.1. The van der Waals surface area contributed by atoms with Crippen molar-refractivity contribution in [1.29, 1.82) is 0 Å². The molecule has 0 fully saturated rings. The van der Waals surface area contributed by atoms with Gasteiger partial charge in [-0.1, -0.05) is 48.6 Å². The van der Waals surface area contributed by atoms with Crippen LogP contribution in [0.15, 0.2) is 36.4 Å². The number of benzene rings is 3. The van der Waals surface area contributed by atoms with Crippen molar-refractivity contribution >= 4 is 69.5 Å². The van der Waals surface area contributed by atoms with Gasteiger partial charge in [0, 0.05) is 0 Å². The number of halogens is 2. The van der Waals surface area contributed by atoms with E-state index in [9.17, 15) is 0 Å². The molecule has 8 heteroatoms. The van der Waals surface area contributed by atoms with Crippen LogP contribution < -0.4 is 28.4 Å².